The number of carbonyl (C=O) groups excluding carboxylic acids is 1. The average Bonchev–Trinajstić information content (AvgIpc) is 3.09. The van der Waals surface area contributed by atoms with E-state index in [2.05, 4.69) is 18.4 Å². The van der Waals surface area contributed by atoms with Gasteiger partial charge in [0.1, 0.15) is 12.1 Å². The molecule has 50 heavy (non-hydrogen) atoms. The SMILES string of the molecule is CCCCCCCCCCCCCCCCCCCCCCOCC(COP(=O)(O)OCC(N)C(=O)O)OC(=O)CCCCCCCCCC. The predicted molar refractivity (Wildman–Crippen MR) is 203 cm³/mol. The number of aliphatic carboxylic acids is 1. The Labute approximate surface area is 306 Å². The molecule has 0 heterocycles. The second-order valence-electron chi connectivity index (χ2n) is 14.1. The molecule has 4 N–H and O–H groups in total. The smallest absolute Gasteiger partial charge is 0.472 e. The largest absolute Gasteiger partial charge is 0.480 e. The van der Waals surface area contributed by atoms with E-state index in [4.69, 9.17) is 24.8 Å². The third-order valence-corrected chi connectivity index (χ3v) is 10.1. The Balaban J connectivity index is 4.06. The number of ether oxygens (including phenoxy) is 2. The number of carboxylic acid groups (broad SMARTS) is 1. The van der Waals surface area contributed by atoms with Crippen LogP contribution in [0.4, 0.5) is 0 Å². The lowest BCUT2D eigenvalue weighted by Crippen LogP contribution is -2.34. The molecular weight excluding hydrogens is 657 g/mol. The number of esters is 1. The summed E-state index contributed by atoms with van der Waals surface area (Å²) in [6, 6.07) is -1.47. The topological polar surface area (TPSA) is 155 Å². The summed E-state index contributed by atoms with van der Waals surface area (Å²) in [4.78, 5) is 33.3. The van der Waals surface area contributed by atoms with Gasteiger partial charge in [0.05, 0.1) is 19.8 Å². The summed E-state index contributed by atoms with van der Waals surface area (Å²) in [7, 11) is -4.60. The van der Waals surface area contributed by atoms with Crippen molar-refractivity contribution in [3.63, 3.8) is 0 Å². The predicted octanol–water partition coefficient (Wildman–Crippen LogP) is 10.8. The highest BCUT2D eigenvalue weighted by molar-refractivity contribution is 7.47. The number of nitrogens with two attached hydrogens (primary N) is 1. The van der Waals surface area contributed by atoms with Crippen LogP contribution in [-0.4, -0.2) is 60.5 Å². The average molecular weight is 736 g/mol. The van der Waals surface area contributed by atoms with Gasteiger partial charge in [-0.3, -0.25) is 18.6 Å². The molecule has 0 aliphatic rings. The Bertz CT molecular complexity index is 816. The van der Waals surface area contributed by atoms with Crippen LogP contribution in [0.2, 0.25) is 0 Å². The molecule has 0 spiro atoms. The van der Waals surface area contributed by atoms with Crippen LogP contribution in [0.3, 0.4) is 0 Å². The highest BCUT2D eigenvalue weighted by Crippen LogP contribution is 2.43. The number of phosphoric acid groups is 1. The fourth-order valence-electron chi connectivity index (χ4n) is 5.90. The molecule has 0 fully saturated rings. The van der Waals surface area contributed by atoms with Gasteiger partial charge in [-0.2, -0.15) is 0 Å². The van der Waals surface area contributed by atoms with E-state index in [-0.39, 0.29) is 13.0 Å². The monoisotopic (exact) mass is 736 g/mol. The van der Waals surface area contributed by atoms with Crippen molar-refractivity contribution < 1.29 is 42.7 Å². The first-order valence-corrected chi connectivity index (χ1v) is 22.1. The van der Waals surface area contributed by atoms with Gasteiger partial charge in [0.25, 0.3) is 0 Å². The van der Waals surface area contributed by atoms with Crippen molar-refractivity contribution in [3.8, 4) is 0 Å². The second-order valence-corrected chi connectivity index (χ2v) is 15.6. The minimum absolute atomic E-state index is 0.0247. The first-order chi connectivity index (χ1) is 24.2. The molecule has 0 radical (unpaired) electrons. The number of unbranched alkanes of at least 4 members (excludes halogenated alkanes) is 26. The lowest BCUT2D eigenvalue weighted by atomic mass is 10.0. The molecular formula is C39H78NO9P. The van der Waals surface area contributed by atoms with Crippen molar-refractivity contribution in [2.45, 2.75) is 212 Å². The van der Waals surface area contributed by atoms with Crippen molar-refractivity contribution in [2.24, 2.45) is 5.73 Å². The lowest BCUT2D eigenvalue weighted by Gasteiger charge is -2.20. The van der Waals surface area contributed by atoms with Crippen LogP contribution in [0.1, 0.15) is 200 Å². The second kappa shape index (κ2) is 36.3. The Morgan fingerprint density at radius 3 is 1.32 bits per heavy atom. The summed E-state index contributed by atoms with van der Waals surface area (Å²) < 4.78 is 33.2. The Morgan fingerprint density at radius 1 is 0.560 bits per heavy atom. The van der Waals surface area contributed by atoms with Crippen molar-refractivity contribution >= 4 is 19.8 Å². The number of phosphoric ester groups is 1. The van der Waals surface area contributed by atoms with Crippen LogP contribution in [0, 0.1) is 0 Å². The normalized spacial score (nSPS) is 14.0. The minimum atomic E-state index is -4.60. The molecule has 298 valence electrons. The first-order valence-electron chi connectivity index (χ1n) is 20.6. The Kier molecular flexibility index (Phi) is 35.6. The third kappa shape index (κ3) is 35.4. The molecule has 0 aromatic rings. The van der Waals surface area contributed by atoms with Crippen LogP contribution in [0.15, 0.2) is 0 Å². The third-order valence-electron chi connectivity index (χ3n) is 9.14. The lowest BCUT2D eigenvalue weighted by molar-refractivity contribution is -0.154. The maximum absolute atomic E-state index is 12.5. The molecule has 10 nitrogen and oxygen atoms in total. The van der Waals surface area contributed by atoms with E-state index in [1.807, 2.05) is 0 Å². The first kappa shape index (κ1) is 49.0. The summed E-state index contributed by atoms with van der Waals surface area (Å²) in [6.07, 6.45) is 34.6. The summed E-state index contributed by atoms with van der Waals surface area (Å²) >= 11 is 0. The molecule has 0 amide bonds. The fraction of sp³-hybridized carbons (Fsp3) is 0.949. The summed E-state index contributed by atoms with van der Waals surface area (Å²) in [5.41, 5.74) is 5.33. The van der Waals surface area contributed by atoms with E-state index < -0.39 is 45.1 Å². The van der Waals surface area contributed by atoms with Crippen LogP contribution < -0.4 is 5.73 Å². The fourth-order valence-corrected chi connectivity index (χ4v) is 6.68. The number of hydrogen-bond donors (Lipinski definition) is 3. The number of carbonyl (C=O) groups is 2. The van der Waals surface area contributed by atoms with Gasteiger partial charge in [-0.15, -0.1) is 0 Å². The number of rotatable bonds is 40. The molecule has 11 heteroatoms. The van der Waals surface area contributed by atoms with Gasteiger partial charge in [0.2, 0.25) is 0 Å². The van der Waals surface area contributed by atoms with E-state index >= 15 is 0 Å². The van der Waals surface area contributed by atoms with E-state index in [0.717, 1.165) is 44.9 Å². The standard InChI is InChI=1S/C39H78NO9P/c1-3-5-7-9-11-13-14-15-16-17-18-19-20-21-22-23-24-26-28-30-32-46-33-36(34-47-50(44,45)48-35-37(40)39(42)43)49-38(41)31-29-27-25-12-10-8-6-4-2/h36-37H,3-35,40H2,1-2H3,(H,42,43)(H,44,45). The van der Waals surface area contributed by atoms with E-state index in [1.54, 1.807) is 0 Å². The van der Waals surface area contributed by atoms with Gasteiger partial charge in [0, 0.05) is 13.0 Å². The molecule has 0 saturated carbocycles. The highest BCUT2D eigenvalue weighted by atomic mass is 31.2. The van der Waals surface area contributed by atoms with Crippen molar-refractivity contribution in [3.05, 3.63) is 0 Å². The molecule has 3 unspecified atom stereocenters. The van der Waals surface area contributed by atoms with Gasteiger partial charge in [0.15, 0.2) is 0 Å². The van der Waals surface area contributed by atoms with Crippen molar-refractivity contribution in [2.75, 3.05) is 26.4 Å². The quantitative estimate of drug-likeness (QED) is 0.0314. The van der Waals surface area contributed by atoms with Crippen molar-refractivity contribution in [1.29, 1.82) is 0 Å². The summed E-state index contributed by atoms with van der Waals surface area (Å²) in [5.74, 6) is -1.77. The molecule has 0 rings (SSSR count). The zero-order valence-corrected chi connectivity index (χ0v) is 33.2. The van der Waals surface area contributed by atoms with Gasteiger partial charge < -0.3 is 25.2 Å². The maximum atomic E-state index is 12.5. The zero-order chi connectivity index (χ0) is 37.0. The van der Waals surface area contributed by atoms with Gasteiger partial charge in [-0.25, -0.2) is 4.57 Å². The molecule has 0 aliphatic heterocycles. The molecule has 0 aromatic carbocycles. The summed E-state index contributed by atoms with van der Waals surface area (Å²) in [5, 5.41) is 8.86. The van der Waals surface area contributed by atoms with Gasteiger partial charge >= 0.3 is 19.8 Å². The maximum Gasteiger partial charge on any atom is 0.472 e. The van der Waals surface area contributed by atoms with E-state index in [9.17, 15) is 19.0 Å². The van der Waals surface area contributed by atoms with Crippen LogP contribution in [0.25, 0.3) is 0 Å². The molecule has 3 atom stereocenters. The number of hydrogen-bond acceptors (Lipinski definition) is 8. The molecule has 0 aromatic heterocycles. The number of carboxylic acids is 1. The Morgan fingerprint density at radius 2 is 0.920 bits per heavy atom. The van der Waals surface area contributed by atoms with Gasteiger partial charge in [-0.05, 0) is 12.8 Å². The molecule has 0 saturated heterocycles. The Hall–Kier alpha value is -1.03. The minimum Gasteiger partial charge on any atom is -0.480 e. The molecule has 0 aliphatic carbocycles. The molecule has 0 bridgehead atoms. The van der Waals surface area contributed by atoms with Gasteiger partial charge in [-0.1, -0.05) is 181 Å². The zero-order valence-electron chi connectivity index (χ0n) is 32.3. The van der Waals surface area contributed by atoms with E-state index in [0.29, 0.717) is 6.61 Å². The highest BCUT2D eigenvalue weighted by Gasteiger charge is 2.27. The van der Waals surface area contributed by atoms with Crippen LogP contribution in [-0.2, 0) is 32.7 Å². The van der Waals surface area contributed by atoms with Crippen LogP contribution >= 0.6 is 7.82 Å². The van der Waals surface area contributed by atoms with E-state index in [1.165, 1.54) is 135 Å². The van der Waals surface area contributed by atoms with Crippen LogP contribution in [0.5, 0.6) is 0 Å². The van der Waals surface area contributed by atoms with Crippen molar-refractivity contribution in [1.82, 2.24) is 0 Å². The summed E-state index contributed by atoms with van der Waals surface area (Å²) in [6.45, 7) is 3.87.